The first-order chi connectivity index (χ1) is 13.3. The highest BCUT2D eigenvalue weighted by Crippen LogP contribution is 2.35. The molecule has 7 heteroatoms. The minimum Gasteiger partial charge on any atom is -0.495 e. The number of benzene rings is 2. The Morgan fingerprint density at radius 3 is 2.74 bits per heavy atom. The molecule has 0 fully saturated rings. The van der Waals surface area contributed by atoms with Gasteiger partial charge in [-0.25, -0.2) is 0 Å². The van der Waals surface area contributed by atoms with Crippen molar-refractivity contribution >= 4 is 34.7 Å². The van der Waals surface area contributed by atoms with Crippen LogP contribution in [0.25, 0.3) is 16.4 Å². The number of thiophene rings is 1. The predicted octanol–water partition coefficient (Wildman–Crippen LogP) is 5.95. The van der Waals surface area contributed by atoms with Gasteiger partial charge in [0.15, 0.2) is 11.0 Å². The van der Waals surface area contributed by atoms with Crippen LogP contribution in [0.2, 0.25) is 5.02 Å². The number of methoxy groups -OCH3 is 1. The SMILES string of the molecule is COc1ccccc1-n1c(SCc2cccc(Cl)c2)nnc1-c1cccs1. The molecule has 4 rings (SSSR count). The van der Waals surface area contributed by atoms with E-state index in [-0.39, 0.29) is 0 Å². The van der Waals surface area contributed by atoms with Crippen molar-refractivity contribution in [3.05, 3.63) is 76.6 Å². The molecule has 2 aromatic carbocycles. The van der Waals surface area contributed by atoms with Gasteiger partial charge in [0.25, 0.3) is 0 Å². The summed E-state index contributed by atoms with van der Waals surface area (Å²) in [6, 6.07) is 19.8. The molecule has 27 heavy (non-hydrogen) atoms. The molecule has 136 valence electrons. The van der Waals surface area contributed by atoms with Gasteiger partial charge in [0.05, 0.1) is 17.7 Å². The molecule has 4 nitrogen and oxygen atoms in total. The number of ether oxygens (including phenoxy) is 1. The first-order valence-corrected chi connectivity index (χ1v) is 10.5. The van der Waals surface area contributed by atoms with Gasteiger partial charge in [-0.15, -0.1) is 21.5 Å². The highest BCUT2D eigenvalue weighted by atomic mass is 35.5. The molecule has 0 unspecified atom stereocenters. The lowest BCUT2D eigenvalue weighted by Gasteiger charge is -2.13. The Bertz CT molecular complexity index is 1050. The molecule has 0 atom stereocenters. The number of thioether (sulfide) groups is 1. The summed E-state index contributed by atoms with van der Waals surface area (Å²) in [5.41, 5.74) is 2.06. The van der Waals surface area contributed by atoms with E-state index in [2.05, 4.69) is 20.8 Å². The molecular formula is C20H16ClN3OS2. The van der Waals surface area contributed by atoms with Crippen LogP contribution >= 0.6 is 34.7 Å². The van der Waals surface area contributed by atoms with Gasteiger partial charge in [-0.1, -0.05) is 53.7 Å². The predicted molar refractivity (Wildman–Crippen MR) is 112 cm³/mol. The molecule has 0 aliphatic heterocycles. The fourth-order valence-corrected chi connectivity index (χ4v) is 4.53. The van der Waals surface area contributed by atoms with E-state index >= 15 is 0 Å². The van der Waals surface area contributed by atoms with Gasteiger partial charge in [-0.05, 0) is 41.3 Å². The maximum Gasteiger partial charge on any atom is 0.196 e. The molecule has 0 radical (unpaired) electrons. The third-order valence-electron chi connectivity index (χ3n) is 3.96. The second kappa shape index (κ2) is 8.17. The summed E-state index contributed by atoms with van der Waals surface area (Å²) >= 11 is 9.37. The number of halogens is 1. The van der Waals surface area contributed by atoms with E-state index in [4.69, 9.17) is 16.3 Å². The first-order valence-electron chi connectivity index (χ1n) is 8.26. The average molecular weight is 414 g/mol. The normalized spacial score (nSPS) is 10.9. The van der Waals surface area contributed by atoms with Crippen LogP contribution in [-0.2, 0) is 5.75 Å². The minimum absolute atomic E-state index is 0.735. The van der Waals surface area contributed by atoms with Crippen LogP contribution in [0.4, 0.5) is 0 Å². The standard InChI is InChI=1S/C20H16ClN3OS2/c1-25-17-9-3-2-8-16(17)24-19(18-10-5-11-26-18)22-23-20(24)27-13-14-6-4-7-15(21)12-14/h2-12H,13H2,1H3. The lowest BCUT2D eigenvalue weighted by molar-refractivity contribution is 0.412. The highest BCUT2D eigenvalue weighted by Gasteiger charge is 2.19. The molecule has 0 aliphatic carbocycles. The summed E-state index contributed by atoms with van der Waals surface area (Å²) in [5.74, 6) is 2.33. The Balaban J connectivity index is 1.76. The number of hydrogen-bond acceptors (Lipinski definition) is 5. The molecule has 0 amide bonds. The van der Waals surface area contributed by atoms with Crippen molar-refractivity contribution in [2.24, 2.45) is 0 Å². The number of aromatic nitrogens is 3. The lowest BCUT2D eigenvalue weighted by Crippen LogP contribution is -2.01. The van der Waals surface area contributed by atoms with Gasteiger partial charge in [0.2, 0.25) is 0 Å². The summed E-state index contributed by atoms with van der Waals surface area (Å²) in [6.07, 6.45) is 0. The molecule has 2 aromatic heterocycles. The Morgan fingerprint density at radius 1 is 1.07 bits per heavy atom. The van der Waals surface area contributed by atoms with E-state index in [0.29, 0.717) is 0 Å². The monoisotopic (exact) mass is 413 g/mol. The second-order valence-corrected chi connectivity index (χ2v) is 8.04. The molecule has 4 aromatic rings. The molecule has 0 saturated heterocycles. The zero-order valence-electron chi connectivity index (χ0n) is 14.5. The maximum atomic E-state index is 6.11. The lowest BCUT2D eigenvalue weighted by atomic mass is 10.2. The second-order valence-electron chi connectivity index (χ2n) is 5.71. The van der Waals surface area contributed by atoms with Crippen LogP contribution in [0, 0.1) is 0 Å². The van der Waals surface area contributed by atoms with Crippen molar-refractivity contribution in [3.63, 3.8) is 0 Å². The maximum absolute atomic E-state index is 6.11. The molecule has 0 aliphatic rings. The van der Waals surface area contributed by atoms with Crippen LogP contribution in [0.3, 0.4) is 0 Å². The number of rotatable bonds is 6. The fraction of sp³-hybridized carbons (Fsp3) is 0.100. The third kappa shape index (κ3) is 3.88. The van der Waals surface area contributed by atoms with E-state index in [1.54, 1.807) is 30.2 Å². The summed E-state index contributed by atoms with van der Waals surface area (Å²) in [5, 5.41) is 12.5. The van der Waals surface area contributed by atoms with Crippen molar-refractivity contribution in [1.82, 2.24) is 14.8 Å². The van der Waals surface area contributed by atoms with Crippen LogP contribution in [0.5, 0.6) is 5.75 Å². The van der Waals surface area contributed by atoms with Crippen LogP contribution < -0.4 is 4.74 Å². The average Bonchev–Trinajstić information content (AvgIpc) is 3.36. The van der Waals surface area contributed by atoms with Crippen molar-refractivity contribution in [1.29, 1.82) is 0 Å². The Hall–Kier alpha value is -2.28. The Labute approximate surface area is 170 Å². The van der Waals surface area contributed by atoms with E-state index in [0.717, 1.165) is 43.6 Å². The topological polar surface area (TPSA) is 39.9 Å². The molecule has 0 bridgehead atoms. The van der Waals surface area contributed by atoms with E-state index < -0.39 is 0 Å². The summed E-state index contributed by atoms with van der Waals surface area (Å²) < 4.78 is 7.63. The molecule has 0 spiro atoms. The fourth-order valence-electron chi connectivity index (χ4n) is 2.74. The molecule has 2 heterocycles. The van der Waals surface area contributed by atoms with Gasteiger partial charge < -0.3 is 4.74 Å². The van der Waals surface area contributed by atoms with Crippen LogP contribution in [-0.4, -0.2) is 21.9 Å². The zero-order valence-corrected chi connectivity index (χ0v) is 16.9. The quantitative estimate of drug-likeness (QED) is 0.366. The van der Waals surface area contributed by atoms with Crippen molar-refractivity contribution < 1.29 is 4.74 Å². The van der Waals surface area contributed by atoms with Gasteiger partial charge >= 0.3 is 0 Å². The Kier molecular flexibility index (Phi) is 5.48. The number of hydrogen-bond donors (Lipinski definition) is 0. The van der Waals surface area contributed by atoms with Crippen LogP contribution in [0.1, 0.15) is 5.56 Å². The largest absolute Gasteiger partial charge is 0.495 e. The Morgan fingerprint density at radius 2 is 1.96 bits per heavy atom. The van der Waals surface area contributed by atoms with E-state index in [1.807, 2.05) is 60.0 Å². The van der Waals surface area contributed by atoms with Crippen LogP contribution in [0.15, 0.2) is 71.2 Å². The molecular weight excluding hydrogens is 398 g/mol. The molecule has 0 N–H and O–H groups in total. The summed E-state index contributed by atoms with van der Waals surface area (Å²) in [7, 11) is 1.67. The van der Waals surface area contributed by atoms with Gasteiger partial charge in [-0.3, -0.25) is 4.57 Å². The summed E-state index contributed by atoms with van der Waals surface area (Å²) in [4.78, 5) is 1.06. The first kappa shape index (κ1) is 18.1. The van der Waals surface area contributed by atoms with Gasteiger partial charge in [0.1, 0.15) is 5.75 Å². The van der Waals surface area contributed by atoms with Gasteiger partial charge in [0, 0.05) is 10.8 Å². The third-order valence-corrected chi connectivity index (χ3v) is 6.06. The minimum atomic E-state index is 0.735. The van der Waals surface area contributed by atoms with Crippen molar-refractivity contribution in [3.8, 4) is 22.1 Å². The smallest absolute Gasteiger partial charge is 0.196 e. The van der Waals surface area contributed by atoms with E-state index in [9.17, 15) is 0 Å². The molecule has 0 saturated carbocycles. The van der Waals surface area contributed by atoms with Crippen molar-refractivity contribution in [2.75, 3.05) is 7.11 Å². The summed E-state index contributed by atoms with van der Waals surface area (Å²) in [6.45, 7) is 0. The highest BCUT2D eigenvalue weighted by molar-refractivity contribution is 7.98. The van der Waals surface area contributed by atoms with Gasteiger partial charge in [-0.2, -0.15) is 0 Å². The number of nitrogens with zero attached hydrogens (tertiary/aromatic N) is 3. The number of para-hydroxylation sites is 2. The van der Waals surface area contributed by atoms with E-state index in [1.165, 1.54) is 0 Å². The van der Waals surface area contributed by atoms with Crippen molar-refractivity contribution in [2.45, 2.75) is 10.9 Å². The zero-order chi connectivity index (χ0) is 18.6.